The van der Waals surface area contributed by atoms with Gasteiger partial charge in [0.2, 0.25) is 5.91 Å². The summed E-state index contributed by atoms with van der Waals surface area (Å²) in [5.74, 6) is 1.25. The van der Waals surface area contributed by atoms with Crippen molar-refractivity contribution in [2.75, 3.05) is 20.2 Å². The van der Waals surface area contributed by atoms with E-state index in [1.54, 1.807) is 4.90 Å². The molecule has 0 aliphatic heterocycles. The SMILES string of the molecule is CN(CCOc1ccccc1)C(=O)C1CC=CCC1. The summed E-state index contributed by atoms with van der Waals surface area (Å²) in [6.07, 6.45) is 7.13. The van der Waals surface area contributed by atoms with Gasteiger partial charge in [-0.15, -0.1) is 0 Å². The van der Waals surface area contributed by atoms with Crippen LogP contribution in [0.25, 0.3) is 0 Å². The minimum atomic E-state index is 0.159. The Labute approximate surface area is 114 Å². The highest BCUT2D eigenvalue weighted by atomic mass is 16.5. The van der Waals surface area contributed by atoms with Crippen molar-refractivity contribution in [2.24, 2.45) is 5.92 Å². The van der Waals surface area contributed by atoms with Crippen molar-refractivity contribution in [1.82, 2.24) is 4.90 Å². The Hall–Kier alpha value is -1.77. The smallest absolute Gasteiger partial charge is 0.225 e. The third-order valence-electron chi connectivity index (χ3n) is 3.43. The van der Waals surface area contributed by atoms with Crippen LogP contribution >= 0.6 is 0 Å². The fourth-order valence-electron chi connectivity index (χ4n) is 2.26. The van der Waals surface area contributed by atoms with Gasteiger partial charge in [0, 0.05) is 13.0 Å². The number of benzene rings is 1. The highest BCUT2D eigenvalue weighted by Crippen LogP contribution is 2.20. The first-order valence-electron chi connectivity index (χ1n) is 6.85. The Morgan fingerprint density at radius 3 is 2.79 bits per heavy atom. The molecule has 0 bridgehead atoms. The van der Waals surface area contributed by atoms with E-state index >= 15 is 0 Å². The number of hydrogen-bond donors (Lipinski definition) is 0. The van der Waals surface area contributed by atoms with E-state index in [-0.39, 0.29) is 11.8 Å². The van der Waals surface area contributed by atoms with Crippen LogP contribution in [0.3, 0.4) is 0 Å². The van der Waals surface area contributed by atoms with E-state index in [2.05, 4.69) is 12.2 Å². The Bertz CT molecular complexity index is 428. The molecule has 0 radical (unpaired) electrons. The minimum Gasteiger partial charge on any atom is -0.492 e. The number of hydrogen-bond acceptors (Lipinski definition) is 2. The van der Waals surface area contributed by atoms with Crippen LogP contribution < -0.4 is 4.74 Å². The standard InChI is InChI=1S/C16H21NO2/c1-17(16(18)14-8-4-2-5-9-14)12-13-19-15-10-6-3-7-11-15/h2-4,6-7,10-11,14H,5,8-9,12-13H2,1H3. The number of para-hydroxylation sites is 1. The summed E-state index contributed by atoms with van der Waals surface area (Å²) in [5.41, 5.74) is 0. The average molecular weight is 259 g/mol. The first-order chi connectivity index (χ1) is 9.27. The molecule has 19 heavy (non-hydrogen) atoms. The summed E-state index contributed by atoms with van der Waals surface area (Å²) in [6.45, 7) is 1.17. The van der Waals surface area contributed by atoms with Gasteiger partial charge in [0.1, 0.15) is 12.4 Å². The first kappa shape index (κ1) is 13.7. The Morgan fingerprint density at radius 2 is 2.11 bits per heavy atom. The van der Waals surface area contributed by atoms with Gasteiger partial charge in [0.15, 0.2) is 0 Å². The number of likely N-dealkylation sites (N-methyl/N-ethyl adjacent to an activating group) is 1. The lowest BCUT2D eigenvalue weighted by Crippen LogP contribution is -2.36. The van der Waals surface area contributed by atoms with E-state index in [0.29, 0.717) is 13.2 Å². The number of amides is 1. The molecule has 0 aromatic heterocycles. The predicted molar refractivity (Wildman–Crippen MR) is 76.1 cm³/mol. The molecule has 1 aromatic rings. The molecule has 3 heteroatoms. The Balaban J connectivity index is 1.73. The van der Waals surface area contributed by atoms with Crippen molar-refractivity contribution in [1.29, 1.82) is 0 Å². The van der Waals surface area contributed by atoms with Crippen LogP contribution in [0.2, 0.25) is 0 Å². The zero-order valence-corrected chi connectivity index (χ0v) is 11.4. The quantitative estimate of drug-likeness (QED) is 0.761. The summed E-state index contributed by atoms with van der Waals surface area (Å²) in [7, 11) is 1.86. The van der Waals surface area contributed by atoms with Crippen LogP contribution in [0, 0.1) is 5.92 Å². The second kappa shape index (κ2) is 6.98. The fraction of sp³-hybridized carbons (Fsp3) is 0.438. The van der Waals surface area contributed by atoms with E-state index in [1.165, 1.54) is 0 Å². The molecule has 1 amide bonds. The summed E-state index contributed by atoms with van der Waals surface area (Å²) in [6, 6.07) is 9.69. The van der Waals surface area contributed by atoms with Gasteiger partial charge in [-0.3, -0.25) is 4.79 Å². The molecule has 1 aliphatic carbocycles. The number of carbonyl (C=O) groups excluding carboxylic acids is 1. The first-order valence-corrected chi connectivity index (χ1v) is 6.85. The van der Waals surface area contributed by atoms with E-state index in [0.717, 1.165) is 25.0 Å². The highest BCUT2D eigenvalue weighted by molar-refractivity contribution is 5.78. The van der Waals surface area contributed by atoms with Crippen LogP contribution in [0.5, 0.6) is 5.75 Å². The maximum atomic E-state index is 12.2. The molecule has 1 aromatic carbocycles. The topological polar surface area (TPSA) is 29.5 Å². The second-order valence-electron chi connectivity index (χ2n) is 4.90. The molecule has 0 saturated carbocycles. The zero-order valence-electron chi connectivity index (χ0n) is 11.4. The van der Waals surface area contributed by atoms with Crippen molar-refractivity contribution < 1.29 is 9.53 Å². The van der Waals surface area contributed by atoms with Gasteiger partial charge in [-0.2, -0.15) is 0 Å². The van der Waals surface area contributed by atoms with E-state index in [4.69, 9.17) is 4.74 Å². The zero-order chi connectivity index (χ0) is 13.5. The van der Waals surface area contributed by atoms with Crippen LogP contribution in [-0.2, 0) is 4.79 Å². The number of carbonyl (C=O) groups is 1. The summed E-state index contributed by atoms with van der Waals surface area (Å²) >= 11 is 0. The molecule has 3 nitrogen and oxygen atoms in total. The van der Waals surface area contributed by atoms with Crippen molar-refractivity contribution in [3.8, 4) is 5.75 Å². The number of ether oxygens (including phenoxy) is 1. The second-order valence-corrected chi connectivity index (χ2v) is 4.90. The summed E-state index contributed by atoms with van der Waals surface area (Å²) in [5, 5.41) is 0. The molecule has 1 atom stereocenters. The monoisotopic (exact) mass is 259 g/mol. The Morgan fingerprint density at radius 1 is 1.32 bits per heavy atom. The van der Waals surface area contributed by atoms with Gasteiger partial charge in [-0.05, 0) is 31.4 Å². The summed E-state index contributed by atoms with van der Waals surface area (Å²) < 4.78 is 5.61. The van der Waals surface area contributed by atoms with Gasteiger partial charge < -0.3 is 9.64 Å². The van der Waals surface area contributed by atoms with Crippen molar-refractivity contribution in [3.05, 3.63) is 42.5 Å². The lowest BCUT2D eigenvalue weighted by Gasteiger charge is -2.24. The van der Waals surface area contributed by atoms with E-state index < -0.39 is 0 Å². The van der Waals surface area contributed by atoms with E-state index in [1.807, 2.05) is 37.4 Å². The number of nitrogens with zero attached hydrogens (tertiary/aromatic N) is 1. The lowest BCUT2D eigenvalue weighted by molar-refractivity contribution is -0.134. The van der Waals surface area contributed by atoms with Crippen LogP contribution in [0.1, 0.15) is 19.3 Å². The molecule has 102 valence electrons. The van der Waals surface area contributed by atoms with Gasteiger partial charge >= 0.3 is 0 Å². The Kier molecular flexibility index (Phi) is 5.01. The molecule has 0 N–H and O–H groups in total. The molecular weight excluding hydrogens is 238 g/mol. The molecule has 1 unspecified atom stereocenters. The molecule has 0 heterocycles. The van der Waals surface area contributed by atoms with Crippen LogP contribution in [0.15, 0.2) is 42.5 Å². The van der Waals surface area contributed by atoms with Gasteiger partial charge in [-0.1, -0.05) is 30.4 Å². The van der Waals surface area contributed by atoms with E-state index in [9.17, 15) is 4.79 Å². The number of allylic oxidation sites excluding steroid dienone is 2. The molecular formula is C16H21NO2. The molecule has 0 saturated heterocycles. The van der Waals surface area contributed by atoms with Crippen molar-refractivity contribution >= 4 is 5.91 Å². The highest BCUT2D eigenvalue weighted by Gasteiger charge is 2.21. The van der Waals surface area contributed by atoms with Gasteiger partial charge in [0.05, 0.1) is 6.54 Å². The van der Waals surface area contributed by atoms with Gasteiger partial charge in [-0.25, -0.2) is 0 Å². The largest absolute Gasteiger partial charge is 0.492 e. The maximum Gasteiger partial charge on any atom is 0.225 e. The maximum absolute atomic E-state index is 12.2. The van der Waals surface area contributed by atoms with Gasteiger partial charge in [0.25, 0.3) is 0 Å². The predicted octanol–water partition coefficient (Wildman–Crippen LogP) is 2.88. The summed E-state index contributed by atoms with van der Waals surface area (Å²) in [4.78, 5) is 14.0. The molecule has 0 fully saturated rings. The molecule has 1 aliphatic rings. The number of rotatable bonds is 5. The van der Waals surface area contributed by atoms with Crippen molar-refractivity contribution in [2.45, 2.75) is 19.3 Å². The van der Waals surface area contributed by atoms with Crippen LogP contribution in [0.4, 0.5) is 0 Å². The molecule has 2 rings (SSSR count). The minimum absolute atomic E-state index is 0.159. The third-order valence-corrected chi connectivity index (χ3v) is 3.43. The fourth-order valence-corrected chi connectivity index (χ4v) is 2.26. The molecule has 0 spiro atoms. The average Bonchev–Trinajstić information content (AvgIpc) is 2.48. The normalized spacial score (nSPS) is 18.1. The van der Waals surface area contributed by atoms with Crippen LogP contribution in [-0.4, -0.2) is 31.0 Å². The van der Waals surface area contributed by atoms with Crippen molar-refractivity contribution in [3.63, 3.8) is 0 Å². The lowest BCUT2D eigenvalue weighted by atomic mass is 9.93. The third kappa shape index (κ3) is 4.12.